The van der Waals surface area contributed by atoms with Gasteiger partial charge in [-0.05, 0) is 26.0 Å². The van der Waals surface area contributed by atoms with Crippen molar-refractivity contribution in [3.05, 3.63) is 47.6 Å². The molecular formula is C18H27IN6O. The summed E-state index contributed by atoms with van der Waals surface area (Å²) < 4.78 is 4.91. The average molecular weight is 470 g/mol. The maximum Gasteiger partial charge on any atom is 0.194 e. The number of halogens is 1. The molecule has 0 spiro atoms. The van der Waals surface area contributed by atoms with E-state index in [1.165, 1.54) is 0 Å². The molecule has 1 aliphatic heterocycles. The Balaban J connectivity index is 0.00000243. The molecule has 26 heavy (non-hydrogen) atoms. The van der Waals surface area contributed by atoms with Gasteiger partial charge in [0.2, 0.25) is 0 Å². The number of rotatable bonds is 5. The summed E-state index contributed by atoms with van der Waals surface area (Å²) >= 11 is 0. The first kappa shape index (κ1) is 20.6. The van der Waals surface area contributed by atoms with Gasteiger partial charge in [-0.2, -0.15) is 0 Å². The fourth-order valence-electron chi connectivity index (χ4n) is 2.94. The van der Waals surface area contributed by atoms with Crippen molar-refractivity contribution in [2.45, 2.75) is 26.9 Å². The molecule has 1 fully saturated rings. The van der Waals surface area contributed by atoms with Crippen LogP contribution in [0.3, 0.4) is 0 Å². The van der Waals surface area contributed by atoms with Gasteiger partial charge in [0.15, 0.2) is 5.96 Å². The summed E-state index contributed by atoms with van der Waals surface area (Å²) in [5, 5.41) is 7.39. The number of nitrogens with zero attached hydrogens (tertiary/aromatic N) is 5. The fraction of sp³-hybridized carbons (Fsp3) is 0.500. The molecule has 1 saturated heterocycles. The largest absolute Gasteiger partial charge is 0.364 e. The molecule has 142 valence electrons. The zero-order valence-electron chi connectivity index (χ0n) is 15.4. The molecule has 0 aromatic carbocycles. The molecule has 0 atom stereocenters. The zero-order chi connectivity index (χ0) is 17.5. The lowest BCUT2D eigenvalue weighted by molar-refractivity contribution is 0.169. The Bertz CT molecular complexity index is 683. The van der Waals surface area contributed by atoms with Crippen LogP contribution in [0.15, 0.2) is 40.0 Å². The maximum atomic E-state index is 4.91. The molecule has 0 aliphatic carbocycles. The van der Waals surface area contributed by atoms with E-state index in [9.17, 15) is 0 Å². The summed E-state index contributed by atoms with van der Waals surface area (Å²) in [6.45, 7) is 10.3. The Morgan fingerprint density at radius 1 is 1.19 bits per heavy atom. The van der Waals surface area contributed by atoms with Crippen LogP contribution in [0.4, 0.5) is 0 Å². The van der Waals surface area contributed by atoms with Gasteiger partial charge in [-0.25, -0.2) is 4.99 Å². The van der Waals surface area contributed by atoms with Crippen molar-refractivity contribution >= 4 is 29.9 Å². The number of guanidine groups is 1. The van der Waals surface area contributed by atoms with E-state index in [2.05, 4.69) is 32.2 Å². The smallest absolute Gasteiger partial charge is 0.194 e. The van der Waals surface area contributed by atoms with Gasteiger partial charge in [0.1, 0.15) is 6.26 Å². The lowest BCUT2D eigenvalue weighted by Gasteiger charge is -2.36. The summed E-state index contributed by atoms with van der Waals surface area (Å²) in [7, 11) is 0. The number of nitrogens with one attached hydrogen (secondary N) is 1. The molecule has 3 heterocycles. The number of piperazine rings is 1. The predicted molar refractivity (Wildman–Crippen MR) is 113 cm³/mol. The molecule has 7 nitrogen and oxygen atoms in total. The van der Waals surface area contributed by atoms with Crippen molar-refractivity contribution in [1.82, 2.24) is 25.3 Å². The first-order valence-electron chi connectivity index (χ1n) is 8.82. The highest BCUT2D eigenvalue weighted by Crippen LogP contribution is 2.08. The Kier molecular flexibility index (Phi) is 8.30. The molecule has 3 rings (SSSR count). The van der Waals surface area contributed by atoms with Gasteiger partial charge in [0, 0.05) is 51.0 Å². The second kappa shape index (κ2) is 10.5. The quantitative estimate of drug-likeness (QED) is 0.411. The van der Waals surface area contributed by atoms with E-state index in [0.717, 1.165) is 62.3 Å². The van der Waals surface area contributed by atoms with E-state index in [1.807, 2.05) is 31.2 Å². The van der Waals surface area contributed by atoms with E-state index >= 15 is 0 Å². The number of hydrogen-bond acceptors (Lipinski definition) is 5. The van der Waals surface area contributed by atoms with Crippen molar-refractivity contribution in [2.75, 3.05) is 32.7 Å². The van der Waals surface area contributed by atoms with Crippen molar-refractivity contribution in [3.8, 4) is 0 Å². The second-order valence-electron chi connectivity index (χ2n) is 6.19. The molecule has 2 aromatic heterocycles. The van der Waals surface area contributed by atoms with Crippen LogP contribution in [0.1, 0.15) is 24.0 Å². The van der Waals surface area contributed by atoms with Gasteiger partial charge in [0.05, 0.1) is 17.9 Å². The van der Waals surface area contributed by atoms with E-state index in [1.54, 1.807) is 6.26 Å². The third kappa shape index (κ3) is 5.94. The molecule has 2 aromatic rings. The summed E-state index contributed by atoms with van der Waals surface area (Å²) in [5.41, 5.74) is 3.01. The second-order valence-corrected chi connectivity index (χ2v) is 6.19. The molecule has 0 unspecified atom stereocenters. The molecule has 1 aliphatic rings. The average Bonchev–Trinajstić information content (AvgIpc) is 3.12. The van der Waals surface area contributed by atoms with Crippen molar-refractivity contribution < 1.29 is 4.52 Å². The van der Waals surface area contributed by atoms with E-state index in [0.29, 0.717) is 6.54 Å². The van der Waals surface area contributed by atoms with Crippen LogP contribution in [-0.4, -0.2) is 58.6 Å². The van der Waals surface area contributed by atoms with E-state index < -0.39 is 0 Å². The van der Waals surface area contributed by atoms with Crippen molar-refractivity contribution in [1.29, 1.82) is 0 Å². The minimum atomic E-state index is 0. The Hall–Kier alpha value is -1.68. The third-order valence-corrected chi connectivity index (χ3v) is 4.22. The summed E-state index contributed by atoms with van der Waals surface area (Å²) in [6, 6.07) is 7.98. The number of aromatic nitrogens is 2. The van der Waals surface area contributed by atoms with Gasteiger partial charge < -0.3 is 14.7 Å². The molecule has 0 bridgehead atoms. The first-order chi connectivity index (χ1) is 12.2. The minimum absolute atomic E-state index is 0. The highest BCUT2D eigenvalue weighted by atomic mass is 127. The van der Waals surface area contributed by atoms with Gasteiger partial charge in [-0.1, -0.05) is 11.2 Å². The first-order valence-corrected chi connectivity index (χ1v) is 8.82. The van der Waals surface area contributed by atoms with Gasteiger partial charge in [-0.3, -0.25) is 9.88 Å². The van der Waals surface area contributed by atoms with E-state index in [4.69, 9.17) is 9.52 Å². The van der Waals surface area contributed by atoms with Crippen LogP contribution in [0.25, 0.3) is 0 Å². The fourth-order valence-corrected chi connectivity index (χ4v) is 2.94. The molecule has 0 radical (unpaired) electrons. The van der Waals surface area contributed by atoms with Gasteiger partial charge in [-0.15, -0.1) is 24.0 Å². The summed E-state index contributed by atoms with van der Waals surface area (Å²) in [6.07, 6.45) is 1.63. The van der Waals surface area contributed by atoms with Crippen LogP contribution >= 0.6 is 24.0 Å². The standard InChI is InChI=1S/C18H26N6O.HI/c1-3-19-18(20-13-16-6-4-5-15(2)21-16)24-10-8-23(9-11-24)14-17-7-12-25-22-17;/h4-7,12H,3,8-11,13-14H2,1-2H3,(H,19,20);1H. The SMILES string of the molecule is CCNC(=NCc1cccc(C)n1)N1CCN(Cc2ccon2)CC1.I. The van der Waals surface area contributed by atoms with Crippen molar-refractivity contribution in [3.63, 3.8) is 0 Å². The molecular weight excluding hydrogens is 443 g/mol. The monoisotopic (exact) mass is 470 g/mol. The maximum absolute atomic E-state index is 4.91. The summed E-state index contributed by atoms with van der Waals surface area (Å²) in [5.74, 6) is 0.965. The number of pyridine rings is 1. The molecule has 1 N–H and O–H groups in total. The molecule has 8 heteroatoms. The van der Waals surface area contributed by atoms with Gasteiger partial charge in [0.25, 0.3) is 0 Å². The Morgan fingerprint density at radius 2 is 2.00 bits per heavy atom. The number of aliphatic imine (C=N–C) groups is 1. The number of hydrogen-bond donors (Lipinski definition) is 1. The van der Waals surface area contributed by atoms with Crippen LogP contribution < -0.4 is 5.32 Å². The van der Waals surface area contributed by atoms with Crippen LogP contribution in [0.5, 0.6) is 0 Å². The molecule has 0 saturated carbocycles. The van der Waals surface area contributed by atoms with Gasteiger partial charge >= 0.3 is 0 Å². The van der Waals surface area contributed by atoms with Crippen molar-refractivity contribution in [2.24, 2.45) is 4.99 Å². The lowest BCUT2D eigenvalue weighted by atomic mass is 10.3. The third-order valence-electron chi connectivity index (χ3n) is 4.22. The normalized spacial score (nSPS) is 15.6. The predicted octanol–water partition coefficient (Wildman–Crippen LogP) is 2.28. The van der Waals surface area contributed by atoms with E-state index in [-0.39, 0.29) is 24.0 Å². The summed E-state index contributed by atoms with van der Waals surface area (Å²) in [4.78, 5) is 14.0. The topological polar surface area (TPSA) is 69.8 Å². The Morgan fingerprint density at radius 3 is 2.65 bits per heavy atom. The highest BCUT2D eigenvalue weighted by molar-refractivity contribution is 14.0. The minimum Gasteiger partial charge on any atom is -0.364 e. The lowest BCUT2D eigenvalue weighted by Crippen LogP contribution is -2.52. The highest BCUT2D eigenvalue weighted by Gasteiger charge is 2.20. The van der Waals surface area contributed by atoms with Crippen LogP contribution in [0, 0.1) is 6.92 Å². The van der Waals surface area contributed by atoms with Crippen LogP contribution in [-0.2, 0) is 13.1 Å². The number of aryl methyl sites for hydroxylation is 1. The molecule has 0 amide bonds. The van der Waals surface area contributed by atoms with Crippen LogP contribution in [0.2, 0.25) is 0 Å². The zero-order valence-corrected chi connectivity index (χ0v) is 17.7. The Labute approximate surface area is 171 Å².